The van der Waals surface area contributed by atoms with E-state index in [1.165, 1.54) is 11.1 Å². The van der Waals surface area contributed by atoms with Gasteiger partial charge in [-0.2, -0.15) is 0 Å². The first kappa shape index (κ1) is 25.2. The van der Waals surface area contributed by atoms with E-state index in [9.17, 15) is 9.59 Å². The summed E-state index contributed by atoms with van der Waals surface area (Å²) >= 11 is 0. The van der Waals surface area contributed by atoms with Crippen LogP contribution in [0.5, 0.6) is 0 Å². The molecule has 0 aromatic heterocycles. The summed E-state index contributed by atoms with van der Waals surface area (Å²) in [7, 11) is 0. The minimum atomic E-state index is -0.412. The zero-order chi connectivity index (χ0) is 24.4. The van der Waals surface area contributed by atoms with Gasteiger partial charge in [0.2, 0.25) is 0 Å². The van der Waals surface area contributed by atoms with Crippen LogP contribution in [0.25, 0.3) is 0 Å². The van der Waals surface area contributed by atoms with Crippen molar-refractivity contribution in [3.63, 3.8) is 0 Å². The Labute approximate surface area is 199 Å². The summed E-state index contributed by atoms with van der Waals surface area (Å²) in [5.74, 6) is 0.273. The van der Waals surface area contributed by atoms with Crippen LogP contribution in [-0.2, 0) is 15.6 Å². The second kappa shape index (κ2) is 9.83. The SMILES string of the molecule is CCCCC(CC)COC(=O)c1ccccc1C(=O)c1ccc2c(c1)C(C)(C)C(C)C2(C)C. The molecule has 0 aliphatic heterocycles. The van der Waals surface area contributed by atoms with Crippen LogP contribution in [0.1, 0.15) is 112 Å². The lowest BCUT2D eigenvalue weighted by Gasteiger charge is -2.32. The zero-order valence-corrected chi connectivity index (χ0v) is 21.5. The summed E-state index contributed by atoms with van der Waals surface area (Å²) in [5.41, 5.74) is 3.95. The summed E-state index contributed by atoms with van der Waals surface area (Å²) < 4.78 is 5.66. The number of fused-ring (bicyclic) bond motifs is 1. The molecule has 0 spiro atoms. The average Bonchev–Trinajstić information content (AvgIpc) is 2.95. The van der Waals surface area contributed by atoms with E-state index < -0.39 is 5.97 Å². The first-order valence-electron chi connectivity index (χ1n) is 12.5. The topological polar surface area (TPSA) is 43.4 Å². The molecule has 2 aromatic rings. The number of ether oxygens (including phenoxy) is 1. The second-order valence-electron chi connectivity index (χ2n) is 10.8. The Morgan fingerprint density at radius 1 is 0.939 bits per heavy atom. The molecule has 1 aliphatic carbocycles. The van der Waals surface area contributed by atoms with Crippen molar-refractivity contribution < 1.29 is 14.3 Å². The first-order valence-corrected chi connectivity index (χ1v) is 12.5. The fourth-order valence-electron chi connectivity index (χ4n) is 5.33. The molecule has 0 saturated heterocycles. The van der Waals surface area contributed by atoms with Crippen molar-refractivity contribution in [2.75, 3.05) is 6.61 Å². The quantitative estimate of drug-likeness (QED) is 0.295. The number of hydrogen-bond acceptors (Lipinski definition) is 3. The molecule has 0 radical (unpaired) electrons. The second-order valence-corrected chi connectivity index (χ2v) is 10.8. The Morgan fingerprint density at radius 3 is 2.21 bits per heavy atom. The van der Waals surface area contributed by atoms with Crippen molar-refractivity contribution in [1.29, 1.82) is 0 Å². The molecule has 0 N–H and O–H groups in total. The lowest BCUT2D eigenvalue weighted by molar-refractivity contribution is 0.0426. The predicted octanol–water partition coefficient (Wildman–Crippen LogP) is 7.50. The van der Waals surface area contributed by atoms with Gasteiger partial charge in [-0.05, 0) is 52.3 Å². The molecule has 0 fully saturated rings. The molecule has 0 heterocycles. The molecule has 33 heavy (non-hydrogen) atoms. The van der Waals surface area contributed by atoms with Gasteiger partial charge in [0.1, 0.15) is 0 Å². The molecule has 3 rings (SSSR count). The van der Waals surface area contributed by atoms with Crippen molar-refractivity contribution in [3.05, 3.63) is 70.3 Å². The van der Waals surface area contributed by atoms with E-state index in [0.29, 0.717) is 35.1 Å². The van der Waals surface area contributed by atoms with Gasteiger partial charge in [-0.15, -0.1) is 0 Å². The number of carbonyl (C=O) groups excluding carboxylic acids is 2. The van der Waals surface area contributed by atoms with Crippen LogP contribution in [0, 0.1) is 11.8 Å². The van der Waals surface area contributed by atoms with E-state index in [-0.39, 0.29) is 16.6 Å². The molecule has 2 unspecified atom stereocenters. The van der Waals surface area contributed by atoms with E-state index in [4.69, 9.17) is 4.74 Å². The molecule has 0 amide bonds. The van der Waals surface area contributed by atoms with E-state index in [1.807, 2.05) is 18.2 Å². The van der Waals surface area contributed by atoms with Gasteiger partial charge in [0.05, 0.1) is 12.2 Å². The summed E-state index contributed by atoms with van der Waals surface area (Å²) in [6.45, 7) is 16.1. The zero-order valence-electron chi connectivity index (χ0n) is 21.5. The van der Waals surface area contributed by atoms with Crippen LogP contribution in [0.15, 0.2) is 42.5 Å². The highest BCUT2D eigenvalue weighted by molar-refractivity contribution is 6.14. The third-order valence-corrected chi connectivity index (χ3v) is 8.22. The maximum absolute atomic E-state index is 13.6. The van der Waals surface area contributed by atoms with E-state index in [1.54, 1.807) is 18.2 Å². The number of rotatable bonds is 9. The molecule has 0 bridgehead atoms. The number of carbonyl (C=O) groups is 2. The predicted molar refractivity (Wildman–Crippen MR) is 135 cm³/mol. The summed E-state index contributed by atoms with van der Waals surface area (Å²) in [4.78, 5) is 26.5. The maximum atomic E-state index is 13.6. The lowest BCUT2D eigenvalue weighted by atomic mass is 9.71. The van der Waals surface area contributed by atoms with Crippen LogP contribution in [-0.4, -0.2) is 18.4 Å². The van der Waals surface area contributed by atoms with Gasteiger partial charge in [-0.25, -0.2) is 4.79 Å². The minimum Gasteiger partial charge on any atom is -0.462 e. The van der Waals surface area contributed by atoms with Gasteiger partial charge in [-0.3, -0.25) is 4.79 Å². The molecular weight excluding hydrogens is 408 g/mol. The van der Waals surface area contributed by atoms with Crippen molar-refractivity contribution >= 4 is 11.8 Å². The first-order chi connectivity index (χ1) is 15.6. The van der Waals surface area contributed by atoms with Crippen LogP contribution in [0.3, 0.4) is 0 Å². The highest BCUT2D eigenvalue weighted by Crippen LogP contribution is 2.53. The van der Waals surface area contributed by atoms with Crippen molar-refractivity contribution in [1.82, 2.24) is 0 Å². The molecule has 2 aromatic carbocycles. The minimum absolute atomic E-state index is 0.0266. The molecule has 3 heteroatoms. The smallest absolute Gasteiger partial charge is 0.338 e. The number of benzene rings is 2. The summed E-state index contributed by atoms with van der Waals surface area (Å²) in [5, 5.41) is 0. The molecule has 0 saturated carbocycles. The van der Waals surface area contributed by atoms with Crippen molar-refractivity contribution in [3.8, 4) is 0 Å². The number of esters is 1. The highest BCUT2D eigenvalue weighted by Gasteiger charge is 2.48. The average molecular weight is 449 g/mol. The van der Waals surface area contributed by atoms with Gasteiger partial charge in [0, 0.05) is 11.1 Å². The molecule has 2 atom stereocenters. The van der Waals surface area contributed by atoms with Crippen molar-refractivity contribution in [2.24, 2.45) is 11.8 Å². The monoisotopic (exact) mass is 448 g/mol. The largest absolute Gasteiger partial charge is 0.462 e. The summed E-state index contributed by atoms with van der Waals surface area (Å²) in [6, 6.07) is 13.1. The third kappa shape index (κ3) is 4.78. The van der Waals surface area contributed by atoms with Crippen LogP contribution < -0.4 is 0 Å². The van der Waals surface area contributed by atoms with E-state index in [0.717, 1.165) is 25.7 Å². The molecule has 178 valence electrons. The van der Waals surface area contributed by atoms with Crippen LogP contribution in [0.4, 0.5) is 0 Å². The Balaban J connectivity index is 1.87. The summed E-state index contributed by atoms with van der Waals surface area (Å²) in [6.07, 6.45) is 4.30. The standard InChI is InChI=1S/C30H40O3/c1-8-10-13-21(9-2)19-33-28(32)24-15-12-11-14-23(24)27(31)22-16-17-25-26(18-22)30(6,7)20(3)29(25,4)5/h11-12,14-18,20-21H,8-10,13,19H2,1-7H3. The van der Waals surface area contributed by atoms with Crippen LogP contribution >= 0.6 is 0 Å². The molecule has 3 nitrogen and oxygen atoms in total. The van der Waals surface area contributed by atoms with Gasteiger partial charge in [0.15, 0.2) is 5.78 Å². The van der Waals surface area contributed by atoms with Gasteiger partial charge >= 0.3 is 5.97 Å². The fourth-order valence-corrected chi connectivity index (χ4v) is 5.33. The maximum Gasteiger partial charge on any atom is 0.338 e. The fraction of sp³-hybridized carbons (Fsp3) is 0.533. The number of ketones is 1. The Kier molecular flexibility index (Phi) is 7.51. The number of hydrogen-bond donors (Lipinski definition) is 0. The van der Waals surface area contributed by atoms with E-state index >= 15 is 0 Å². The number of unbranched alkanes of at least 4 members (excludes halogenated alkanes) is 1. The highest BCUT2D eigenvalue weighted by atomic mass is 16.5. The van der Waals surface area contributed by atoms with Crippen molar-refractivity contribution in [2.45, 2.75) is 85.0 Å². The Hall–Kier alpha value is -2.42. The van der Waals surface area contributed by atoms with Gasteiger partial charge in [-0.1, -0.05) is 98.1 Å². The Morgan fingerprint density at radius 2 is 1.58 bits per heavy atom. The van der Waals surface area contributed by atoms with Crippen LogP contribution in [0.2, 0.25) is 0 Å². The van der Waals surface area contributed by atoms with Gasteiger partial charge < -0.3 is 4.74 Å². The normalized spacial score (nSPS) is 19.1. The Bertz CT molecular complexity index is 1010. The molecule has 1 aliphatic rings. The molecular formula is C30H40O3. The third-order valence-electron chi connectivity index (χ3n) is 8.22. The van der Waals surface area contributed by atoms with Gasteiger partial charge in [0.25, 0.3) is 0 Å². The van der Waals surface area contributed by atoms with E-state index in [2.05, 4.69) is 54.5 Å². The lowest BCUT2D eigenvalue weighted by Crippen LogP contribution is -2.30.